The number of benzene rings is 2. The number of unbranched alkanes of at least 4 members (excludes halogenated alkanes) is 4. The van der Waals surface area contributed by atoms with Crippen molar-refractivity contribution in [1.29, 1.82) is 0 Å². The van der Waals surface area contributed by atoms with E-state index in [-0.39, 0.29) is 6.10 Å². The normalized spacial score (nSPS) is 15.5. The largest absolute Gasteiger partial charge is 0.472 e. The minimum absolute atomic E-state index is 0.174. The van der Waals surface area contributed by atoms with Crippen LogP contribution in [0.4, 0.5) is 0 Å². The van der Waals surface area contributed by atoms with Gasteiger partial charge in [0.2, 0.25) is 0 Å². The molecule has 0 N–H and O–H groups in total. The Balaban J connectivity index is 1.78. The van der Waals surface area contributed by atoms with Crippen LogP contribution in [0.3, 0.4) is 0 Å². The molecule has 0 saturated carbocycles. The van der Waals surface area contributed by atoms with Crippen molar-refractivity contribution in [2.24, 2.45) is 0 Å². The van der Waals surface area contributed by atoms with Gasteiger partial charge in [-0.25, -0.2) is 0 Å². The van der Waals surface area contributed by atoms with Crippen LogP contribution in [-0.2, 0) is 4.74 Å². The lowest BCUT2D eigenvalue weighted by molar-refractivity contribution is 0.222. The van der Waals surface area contributed by atoms with Gasteiger partial charge in [-0.1, -0.05) is 92.6 Å². The summed E-state index contributed by atoms with van der Waals surface area (Å²) in [6.45, 7) is 2.23. The van der Waals surface area contributed by atoms with E-state index in [1.165, 1.54) is 36.8 Å². The number of fused-ring (bicyclic) bond motifs is 1. The molecule has 3 rings (SSSR count). The molecule has 1 heterocycles. The molecule has 0 bridgehead atoms. The summed E-state index contributed by atoms with van der Waals surface area (Å²) < 4.78 is 6.21. The summed E-state index contributed by atoms with van der Waals surface area (Å²) in [5.74, 6) is 7.57. The van der Waals surface area contributed by atoms with Crippen molar-refractivity contribution in [3.8, 4) is 11.8 Å². The molecule has 0 aliphatic carbocycles. The van der Waals surface area contributed by atoms with Crippen LogP contribution in [0.25, 0.3) is 11.8 Å². The van der Waals surface area contributed by atoms with E-state index in [0.717, 1.165) is 17.7 Å². The fraction of sp³-hybridized carbons (Fsp3) is 0.304. The van der Waals surface area contributed by atoms with Gasteiger partial charge in [0, 0.05) is 17.5 Å². The van der Waals surface area contributed by atoms with Gasteiger partial charge < -0.3 is 4.74 Å². The maximum absolute atomic E-state index is 6.21. The molecule has 1 unspecified atom stereocenters. The highest BCUT2D eigenvalue weighted by Gasteiger charge is 2.21. The third-order valence-corrected chi connectivity index (χ3v) is 4.26. The van der Waals surface area contributed by atoms with Crippen LogP contribution in [0, 0.1) is 11.8 Å². The van der Waals surface area contributed by atoms with Gasteiger partial charge in [0.05, 0.1) is 0 Å². The molecular weight excluding hydrogens is 292 g/mol. The standard InChI is InChI=1S/C23H24O/c1-2-3-4-5-6-10-17-22-21-16-12-11-15-20(21)18-23(24-22)19-13-8-7-9-14-19/h7-9,11-16,18,22H,2-6H2,1H3. The minimum atomic E-state index is -0.174. The Morgan fingerprint density at radius 3 is 2.54 bits per heavy atom. The first-order valence-electron chi connectivity index (χ1n) is 8.89. The van der Waals surface area contributed by atoms with E-state index in [1.54, 1.807) is 0 Å². The lowest BCUT2D eigenvalue weighted by atomic mass is 9.97. The van der Waals surface area contributed by atoms with E-state index in [1.807, 2.05) is 18.2 Å². The van der Waals surface area contributed by atoms with E-state index in [9.17, 15) is 0 Å². The van der Waals surface area contributed by atoms with Crippen LogP contribution in [0.1, 0.15) is 61.8 Å². The third-order valence-electron chi connectivity index (χ3n) is 4.26. The van der Waals surface area contributed by atoms with Crippen LogP contribution in [0.2, 0.25) is 0 Å². The van der Waals surface area contributed by atoms with Gasteiger partial charge in [0.25, 0.3) is 0 Å². The van der Waals surface area contributed by atoms with Gasteiger partial charge in [0.1, 0.15) is 5.76 Å². The molecule has 2 aromatic rings. The highest BCUT2D eigenvalue weighted by molar-refractivity contribution is 5.80. The van der Waals surface area contributed by atoms with Crippen molar-refractivity contribution >= 4 is 11.8 Å². The molecule has 0 aromatic heterocycles. The van der Waals surface area contributed by atoms with E-state index >= 15 is 0 Å². The van der Waals surface area contributed by atoms with Gasteiger partial charge in [-0.2, -0.15) is 0 Å². The summed E-state index contributed by atoms with van der Waals surface area (Å²) in [6.07, 6.45) is 7.89. The quantitative estimate of drug-likeness (QED) is 0.469. The Morgan fingerprint density at radius 1 is 0.917 bits per heavy atom. The van der Waals surface area contributed by atoms with E-state index in [0.29, 0.717) is 0 Å². The first-order valence-corrected chi connectivity index (χ1v) is 8.89. The Hall–Kier alpha value is -2.46. The smallest absolute Gasteiger partial charge is 0.184 e. The predicted molar refractivity (Wildman–Crippen MR) is 101 cm³/mol. The zero-order valence-electron chi connectivity index (χ0n) is 14.3. The van der Waals surface area contributed by atoms with Crippen molar-refractivity contribution in [3.05, 3.63) is 71.3 Å². The van der Waals surface area contributed by atoms with Crippen LogP contribution in [-0.4, -0.2) is 0 Å². The minimum Gasteiger partial charge on any atom is -0.472 e. The van der Waals surface area contributed by atoms with Crippen LogP contribution in [0.15, 0.2) is 54.6 Å². The van der Waals surface area contributed by atoms with Gasteiger partial charge in [-0.15, -0.1) is 0 Å². The first kappa shape index (κ1) is 16.4. The molecule has 0 spiro atoms. The summed E-state index contributed by atoms with van der Waals surface area (Å²) >= 11 is 0. The topological polar surface area (TPSA) is 9.23 Å². The zero-order chi connectivity index (χ0) is 16.6. The molecule has 2 aromatic carbocycles. The van der Waals surface area contributed by atoms with Crippen molar-refractivity contribution in [2.45, 2.75) is 45.1 Å². The maximum atomic E-state index is 6.21. The second-order valence-electron chi connectivity index (χ2n) is 6.13. The van der Waals surface area contributed by atoms with Crippen molar-refractivity contribution < 1.29 is 4.74 Å². The van der Waals surface area contributed by atoms with Crippen LogP contribution in [0.5, 0.6) is 0 Å². The molecule has 24 heavy (non-hydrogen) atoms. The molecule has 1 aliphatic heterocycles. The summed E-state index contributed by atoms with van der Waals surface area (Å²) in [4.78, 5) is 0. The SMILES string of the molecule is CCCCCCC#CC1OC(c2ccccc2)=Cc2ccccc21. The summed E-state index contributed by atoms with van der Waals surface area (Å²) in [5.41, 5.74) is 3.47. The third kappa shape index (κ3) is 4.09. The lowest BCUT2D eigenvalue weighted by Gasteiger charge is -2.23. The Morgan fingerprint density at radius 2 is 1.71 bits per heavy atom. The highest BCUT2D eigenvalue weighted by atomic mass is 16.5. The Kier molecular flexibility index (Phi) is 5.75. The van der Waals surface area contributed by atoms with Gasteiger partial charge in [0.15, 0.2) is 6.10 Å². The van der Waals surface area contributed by atoms with Crippen LogP contribution < -0.4 is 0 Å². The maximum Gasteiger partial charge on any atom is 0.184 e. The monoisotopic (exact) mass is 316 g/mol. The van der Waals surface area contributed by atoms with Gasteiger partial charge >= 0.3 is 0 Å². The predicted octanol–water partition coefficient (Wildman–Crippen LogP) is 6.23. The van der Waals surface area contributed by atoms with E-state index in [4.69, 9.17) is 4.74 Å². The molecule has 0 fully saturated rings. The van der Waals surface area contributed by atoms with E-state index in [2.05, 4.69) is 61.2 Å². The summed E-state index contributed by atoms with van der Waals surface area (Å²) in [7, 11) is 0. The zero-order valence-corrected chi connectivity index (χ0v) is 14.3. The van der Waals surface area contributed by atoms with Crippen molar-refractivity contribution in [1.82, 2.24) is 0 Å². The number of rotatable bonds is 5. The summed E-state index contributed by atoms with van der Waals surface area (Å²) in [5, 5.41) is 0. The second kappa shape index (κ2) is 8.41. The van der Waals surface area contributed by atoms with Crippen molar-refractivity contribution in [2.75, 3.05) is 0 Å². The number of hydrogen-bond acceptors (Lipinski definition) is 1. The van der Waals surface area contributed by atoms with E-state index < -0.39 is 0 Å². The molecule has 0 radical (unpaired) electrons. The first-order chi connectivity index (χ1) is 11.9. The van der Waals surface area contributed by atoms with Crippen molar-refractivity contribution in [3.63, 3.8) is 0 Å². The fourth-order valence-corrected chi connectivity index (χ4v) is 2.91. The van der Waals surface area contributed by atoms with Gasteiger partial charge in [-0.05, 0) is 18.1 Å². The Bertz CT molecular complexity index is 746. The second-order valence-corrected chi connectivity index (χ2v) is 6.13. The van der Waals surface area contributed by atoms with Gasteiger partial charge in [-0.3, -0.25) is 0 Å². The molecule has 1 heteroatoms. The van der Waals surface area contributed by atoms with Crippen LogP contribution >= 0.6 is 0 Å². The average Bonchev–Trinajstić information content (AvgIpc) is 2.65. The molecular formula is C23H24O. The molecule has 1 aliphatic rings. The molecule has 1 atom stereocenters. The summed E-state index contributed by atoms with van der Waals surface area (Å²) in [6, 6.07) is 18.6. The molecule has 1 nitrogen and oxygen atoms in total. The number of ether oxygens (including phenoxy) is 1. The molecule has 0 saturated heterocycles. The molecule has 122 valence electrons. The Labute approximate surface area is 145 Å². The highest BCUT2D eigenvalue weighted by Crippen LogP contribution is 2.35. The number of hydrogen-bond donors (Lipinski definition) is 0. The molecule has 0 amide bonds. The fourth-order valence-electron chi connectivity index (χ4n) is 2.91. The lowest BCUT2D eigenvalue weighted by Crippen LogP contribution is -2.08. The average molecular weight is 316 g/mol.